The van der Waals surface area contributed by atoms with Crippen LogP contribution in [0.1, 0.15) is 65.2 Å². The molecule has 2 fully saturated rings. The SMILES string of the molecule is CC1CCC(Oc2ccc(OC3CCC(C)CC3)c(F)c2)CC1. The van der Waals surface area contributed by atoms with Crippen molar-refractivity contribution >= 4 is 0 Å². The molecule has 0 saturated heterocycles. The van der Waals surface area contributed by atoms with Crippen LogP contribution in [0.2, 0.25) is 0 Å². The number of hydrogen-bond donors (Lipinski definition) is 0. The number of halogens is 1. The zero-order chi connectivity index (χ0) is 16.2. The summed E-state index contributed by atoms with van der Waals surface area (Å²) in [6.07, 6.45) is 9.34. The smallest absolute Gasteiger partial charge is 0.168 e. The molecule has 0 bridgehead atoms. The molecule has 23 heavy (non-hydrogen) atoms. The van der Waals surface area contributed by atoms with E-state index < -0.39 is 0 Å². The number of hydrogen-bond acceptors (Lipinski definition) is 2. The molecule has 2 saturated carbocycles. The normalized spacial score (nSPS) is 31.6. The van der Waals surface area contributed by atoms with Gasteiger partial charge in [0.05, 0.1) is 12.2 Å². The van der Waals surface area contributed by atoms with Gasteiger partial charge in [-0.2, -0.15) is 0 Å². The second-order valence-electron chi connectivity index (χ2n) is 7.59. The number of benzene rings is 1. The van der Waals surface area contributed by atoms with Gasteiger partial charge in [0.25, 0.3) is 0 Å². The minimum atomic E-state index is -0.301. The Hall–Kier alpha value is -1.25. The van der Waals surface area contributed by atoms with Crippen molar-refractivity contribution in [3.8, 4) is 11.5 Å². The molecular weight excluding hydrogens is 291 g/mol. The molecule has 128 valence electrons. The summed E-state index contributed by atoms with van der Waals surface area (Å²) < 4.78 is 26.1. The molecule has 3 heteroatoms. The second kappa shape index (κ2) is 7.55. The van der Waals surface area contributed by atoms with Gasteiger partial charge in [0.15, 0.2) is 11.6 Å². The van der Waals surface area contributed by atoms with E-state index in [1.807, 2.05) is 6.07 Å². The first-order chi connectivity index (χ1) is 11.1. The van der Waals surface area contributed by atoms with Crippen LogP contribution in [-0.2, 0) is 0 Å². The first-order valence-electron chi connectivity index (χ1n) is 9.23. The van der Waals surface area contributed by atoms with Gasteiger partial charge in [0.2, 0.25) is 0 Å². The predicted molar refractivity (Wildman–Crippen MR) is 90.5 cm³/mol. The molecule has 0 radical (unpaired) electrons. The molecule has 0 atom stereocenters. The molecule has 2 nitrogen and oxygen atoms in total. The third kappa shape index (κ3) is 4.62. The van der Waals surface area contributed by atoms with E-state index in [-0.39, 0.29) is 18.0 Å². The second-order valence-corrected chi connectivity index (χ2v) is 7.59. The van der Waals surface area contributed by atoms with Crippen LogP contribution >= 0.6 is 0 Å². The van der Waals surface area contributed by atoms with Crippen molar-refractivity contribution in [2.24, 2.45) is 11.8 Å². The fourth-order valence-corrected chi connectivity index (χ4v) is 3.72. The van der Waals surface area contributed by atoms with Gasteiger partial charge in [-0.25, -0.2) is 4.39 Å². The van der Waals surface area contributed by atoms with Crippen LogP contribution < -0.4 is 9.47 Å². The maximum absolute atomic E-state index is 14.3. The van der Waals surface area contributed by atoms with E-state index in [1.54, 1.807) is 6.07 Å². The summed E-state index contributed by atoms with van der Waals surface area (Å²) in [5.41, 5.74) is 0. The van der Waals surface area contributed by atoms with E-state index >= 15 is 0 Å². The highest BCUT2D eigenvalue weighted by molar-refractivity contribution is 5.33. The van der Waals surface area contributed by atoms with Crippen LogP contribution in [0.4, 0.5) is 4.39 Å². The topological polar surface area (TPSA) is 18.5 Å². The molecular formula is C20H29FO2. The number of rotatable bonds is 4. The molecule has 1 aromatic carbocycles. The highest BCUT2D eigenvalue weighted by Gasteiger charge is 2.22. The van der Waals surface area contributed by atoms with Gasteiger partial charge in [-0.05, 0) is 75.3 Å². The Morgan fingerprint density at radius 1 is 0.783 bits per heavy atom. The van der Waals surface area contributed by atoms with Crippen molar-refractivity contribution in [3.63, 3.8) is 0 Å². The lowest BCUT2D eigenvalue weighted by Crippen LogP contribution is -2.24. The quantitative estimate of drug-likeness (QED) is 0.704. The van der Waals surface area contributed by atoms with Gasteiger partial charge in [-0.1, -0.05) is 13.8 Å². The average Bonchev–Trinajstić information content (AvgIpc) is 2.54. The van der Waals surface area contributed by atoms with E-state index in [9.17, 15) is 4.39 Å². The van der Waals surface area contributed by atoms with Crippen LogP contribution in [0.25, 0.3) is 0 Å². The Labute approximate surface area is 139 Å². The van der Waals surface area contributed by atoms with Gasteiger partial charge in [0.1, 0.15) is 5.75 Å². The predicted octanol–water partition coefficient (Wildman–Crippen LogP) is 5.74. The van der Waals surface area contributed by atoms with Crippen LogP contribution in [0.3, 0.4) is 0 Å². The molecule has 0 aliphatic heterocycles. The van der Waals surface area contributed by atoms with Crippen molar-refractivity contribution in [1.29, 1.82) is 0 Å². The molecule has 2 aliphatic carbocycles. The summed E-state index contributed by atoms with van der Waals surface area (Å²) >= 11 is 0. The lowest BCUT2D eigenvalue weighted by Gasteiger charge is -2.28. The molecule has 0 aromatic heterocycles. The summed E-state index contributed by atoms with van der Waals surface area (Å²) in [5, 5.41) is 0. The van der Waals surface area contributed by atoms with Gasteiger partial charge >= 0.3 is 0 Å². The third-order valence-electron chi connectivity index (χ3n) is 5.43. The third-order valence-corrected chi connectivity index (χ3v) is 5.43. The van der Waals surface area contributed by atoms with E-state index in [2.05, 4.69) is 13.8 Å². The lowest BCUT2D eigenvalue weighted by molar-refractivity contribution is 0.126. The van der Waals surface area contributed by atoms with Gasteiger partial charge < -0.3 is 9.47 Å². The van der Waals surface area contributed by atoms with Crippen molar-refractivity contribution in [1.82, 2.24) is 0 Å². The molecule has 0 amide bonds. The Morgan fingerprint density at radius 2 is 1.30 bits per heavy atom. The monoisotopic (exact) mass is 320 g/mol. The number of ether oxygens (including phenoxy) is 2. The Bertz CT molecular complexity index is 500. The van der Waals surface area contributed by atoms with E-state index in [1.165, 1.54) is 31.7 Å². The molecule has 2 aliphatic rings. The zero-order valence-electron chi connectivity index (χ0n) is 14.4. The van der Waals surface area contributed by atoms with Gasteiger partial charge in [-0.3, -0.25) is 0 Å². The Balaban J connectivity index is 1.55. The molecule has 1 aromatic rings. The fourth-order valence-electron chi connectivity index (χ4n) is 3.72. The molecule has 3 rings (SSSR count). The fraction of sp³-hybridized carbons (Fsp3) is 0.700. The molecule has 0 N–H and O–H groups in total. The molecule has 0 spiro atoms. The Kier molecular flexibility index (Phi) is 5.45. The maximum Gasteiger partial charge on any atom is 0.168 e. The van der Waals surface area contributed by atoms with Crippen LogP contribution in [0, 0.1) is 17.7 Å². The summed E-state index contributed by atoms with van der Waals surface area (Å²) in [5.74, 6) is 2.26. The van der Waals surface area contributed by atoms with E-state index in [0.29, 0.717) is 11.5 Å². The standard InChI is InChI=1S/C20H29FO2/c1-14-3-7-16(8-4-14)22-18-11-12-20(19(21)13-18)23-17-9-5-15(2)6-10-17/h11-17H,3-10H2,1-2H3. The lowest BCUT2D eigenvalue weighted by atomic mass is 9.89. The summed E-state index contributed by atoms with van der Waals surface area (Å²) in [4.78, 5) is 0. The van der Waals surface area contributed by atoms with Crippen molar-refractivity contribution < 1.29 is 13.9 Å². The van der Waals surface area contributed by atoms with Crippen LogP contribution in [-0.4, -0.2) is 12.2 Å². The summed E-state index contributed by atoms with van der Waals surface area (Å²) in [7, 11) is 0. The van der Waals surface area contributed by atoms with E-state index in [4.69, 9.17) is 9.47 Å². The highest BCUT2D eigenvalue weighted by Crippen LogP contribution is 2.31. The first-order valence-corrected chi connectivity index (χ1v) is 9.23. The van der Waals surface area contributed by atoms with Crippen molar-refractivity contribution in [3.05, 3.63) is 24.0 Å². The highest BCUT2D eigenvalue weighted by atomic mass is 19.1. The Morgan fingerprint density at radius 3 is 1.83 bits per heavy atom. The van der Waals surface area contributed by atoms with Crippen molar-refractivity contribution in [2.75, 3.05) is 0 Å². The summed E-state index contributed by atoms with van der Waals surface area (Å²) in [6, 6.07) is 5.06. The maximum atomic E-state index is 14.3. The van der Waals surface area contributed by atoms with Crippen LogP contribution in [0.5, 0.6) is 11.5 Å². The first kappa shape index (κ1) is 16.6. The summed E-state index contributed by atoms with van der Waals surface area (Å²) in [6.45, 7) is 4.56. The molecule has 0 heterocycles. The average molecular weight is 320 g/mol. The van der Waals surface area contributed by atoms with Crippen molar-refractivity contribution in [2.45, 2.75) is 77.4 Å². The van der Waals surface area contributed by atoms with Crippen LogP contribution in [0.15, 0.2) is 18.2 Å². The van der Waals surface area contributed by atoms with E-state index in [0.717, 1.165) is 37.5 Å². The minimum Gasteiger partial charge on any atom is -0.490 e. The molecule has 0 unspecified atom stereocenters. The largest absolute Gasteiger partial charge is 0.490 e. The minimum absolute atomic E-state index is 0.160. The van der Waals surface area contributed by atoms with Gasteiger partial charge in [-0.15, -0.1) is 0 Å². The zero-order valence-corrected chi connectivity index (χ0v) is 14.4. The van der Waals surface area contributed by atoms with Gasteiger partial charge in [0, 0.05) is 6.07 Å².